The zero-order valence-corrected chi connectivity index (χ0v) is 18.2. The third kappa shape index (κ3) is 9.04. The molecule has 1 saturated heterocycles. The lowest BCUT2D eigenvalue weighted by Gasteiger charge is -2.42. The fourth-order valence-electron chi connectivity index (χ4n) is 3.56. The number of carboxylic acids is 1. The Morgan fingerprint density at radius 1 is 1.27 bits per heavy atom. The van der Waals surface area contributed by atoms with E-state index in [2.05, 4.69) is 38.2 Å². The summed E-state index contributed by atoms with van der Waals surface area (Å²) >= 11 is 0. The SMILES string of the molecule is C#CC(=C)C.CC(C)(C)CN1CCC(CC(=O)O)C[C@H]1c1ccc(C(F)(F)F)cc1. The van der Waals surface area contributed by atoms with Gasteiger partial charge in [-0.1, -0.05) is 45.4 Å². The minimum Gasteiger partial charge on any atom is -0.481 e. The molecule has 1 aliphatic rings. The van der Waals surface area contributed by atoms with E-state index in [1.807, 2.05) is 0 Å². The van der Waals surface area contributed by atoms with E-state index in [1.54, 1.807) is 6.92 Å². The molecule has 6 heteroatoms. The molecular weight excluding hydrogens is 391 g/mol. The van der Waals surface area contributed by atoms with Gasteiger partial charge in [0.25, 0.3) is 0 Å². The van der Waals surface area contributed by atoms with Gasteiger partial charge >= 0.3 is 12.1 Å². The molecule has 166 valence electrons. The van der Waals surface area contributed by atoms with E-state index in [1.165, 1.54) is 12.1 Å². The van der Waals surface area contributed by atoms with E-state index in [0.29, 0.717) is 6.42 Å². The van der Waals surface area contributed by atoms with Crippen molar-refractivity contribution in [3.63, 3.8) is 0 Å². The third-order valence-electron chi connectivity index (χ3n) is 4.83. The highest BCUT2D eigenvalue weighted by Crippen LogP contribution is 2.38. The highest BCUT2D eigenvalue weighted by atomic mass is 19.4. The highest BCUT2D eigenvalue weighted by Gasteiger charge is 2.34. The first-order valence-electron chi connectivity index (χ1n) is 9.98. The standard InChI is InChI=1S/C19H26F3NO2.C5H6/c1-18(2,3)12-23-9-8-13(11-17(24)25)10-16(23)14-4-6-15(7-5-14)19(20,21)22;1-4-5(2)3/h4-7,13,16H,8-12H2,1-3H3,(H,24,25);1H,2H2,3H3/t13?,16-;/m0./s1. The van der Waals surface area contributed by atoms with E-state index < -0.39 is 17.7 Å². The van der Waals surface area contributed by atoms with Crippen LogP contribution in [0, 0.1) is 23.7 Å². The summed E-state index contributed by atoms with van der Waals surface area (Å²) in [6, 6.07) is 5.26. The number of halogens is 3. The van der Waals surface area contributed by atoms with Crippen molar-refractivity contribution in [3.8, 4) is 12.3 Å². The quantitative estimate of drug-likeness (QED) is 0.588. The van der Waals surface area contributed by atoms with Crippen LogP contribution in [-0.2, 0) is 11.0 Å². The molecule has 0 amide bonds. The minimum atomic E-state index is -4.35. The molecule has 1 unspecified atom stereocenters. The smallest absolute Gasteiger partial charge is 0.416 e. The molecule has 1 aromatic rings. The lowest BCUT2D eigenvalue weighted by atomic mass is 9.83. The van der Waals surface area contributed by atoms with E-state index in [9.17, 15) is 18.0 Å². The lowest BCUT2D eigenvalue weighted by molar-refractivity contribution is -0.139. The molecule has 1 fully saturated rings. The van der Waals surface area contributed by atoms with Gasteiger partial charge in [-0.25, -0.2) is 0 Å². The molecule has 1 aliphatic heterocycles. The van der Waals surface area contributed by atoms with Crippen molar-refractivity contribution in [2.24, 2.45) is 11.3 Å². The number of aliphatic carboxylic acids is 1. The molecule has 2 atom stereocenters. The number of carbonyl (C=O) groups is 1. The number of terminal acetylenes is 1. The number of carboxylic acid groups (broad SMARTS) is 1. The van der Waals surface area contributed by atoms with Gasteiger partial charge in [0.1, 0.15) is 0 Å². The van der Waals surface area contributed by atoms with E-state index >= 15 is 0 Å². The molecule has 0 spiro atoms. The summed E-state index contributed by atoms with van der Waals surface area (Å²) in [5.74, 6) is 1.57. The first-order chi connectivity index (χ1) is 13.7. The van der Waals surface area contributed by atoms with Gasteiger partial charge in [0.2, 0.25) is 0 Å². The Hall–Kier alpha value is -2.26. The molecule has 0 saturated carbocycles. The first-order valence-corrected chi connectivity index (χ1v) is 9.98. The maximum atomic E-state index is 12.8. The second-order valence-electron chi connectivity index (χ2n) is 9.08. The summed E-state index contributed by atoms with van der Waals surface area (Å²) in [5.41, 5.74) is 1.01. The van der Waals surface area contributed by atoms with Crippen molar-refractivity contribution < 1.29 is 23.1 Å². The fraction of sp³-hybridized carbons (Fsp3) is 0.542. The predicted molar refractivity (Wildman–Crippen MR) is 114 cm³/mol. The number of hydrogen-bond acceptors (Lipinski definition) is 2. The summed E-state index contributed by atoms with van der Waals surface area (Å²) in [6.45, 7) is 13.2. The van der Waals surface area contributed by atoms with Crippen molar-refractivity contribution in [1.29, 1.82) is 0 Å². The van der Waals surface area contributed by atoms with Crippen molar-refractivity contribution in [1.82, 2.24) is 4.90 Å². The Bertz CT molecular complexity index is 755. The Kier molecular flexibility index (Phi) is 9.17. The van der Waals surface area contributed by atoms with Crippen LogP contribution in [0.2, 0.25) is 0 Å². The average Bonchev–Trinajstić information content (AvgIpc) is 2.61. The predicted octanol–water partition coefficient (Wildman–Crippen LogP) is 6.18. The molecule has 0 aromatic heterocycles. The van der Waals surface area contributed by atoms with Gasteiger partial charge < -0.3 is 5.11 Å². The maximum Gasteiger partial charge on any atom is 0.416 e. The Labute approximate surface area is 178 Å². The molecule has 2 rings (SSSR count). The van der Waals surface area contributed by atoms with Crippen LogP contribution in [0.4, 0.5) is 13.2 Å². The summed E-state index contributed by atoms with van der Waals surface area (Å²) in [4.78, 5) is 13.3. The van der Waals surface area contributed by atoms with Gasteiger partial charge in [-0.2, -0.15) is 13.2 Å². The molecule has 30 heavy (non-hydrogen) atoms. The number of hydrogen-bond donors (Lipinski definition) is 1. The van der Waals surface area contributed by atoms with Crippen molar-refractivity contribution in [2.75, 3.05) is 13.1 Å². The van der Waals surface area contributed by atoms with Crippen LogP contribution >= 0.6 is 0 Å². The van der Waals surface area contributed by atoms with Crippen LogP contribution < -0.4 is 0 Å². The Morgan fingerprint density at radius 3 is 2.20 bits per heavy atom. The molecule has 1 N–H and O–H groups in total. The second-order valence-corrected chi connectivity index (χ2v) is 9.08. The summed E-state index contributed by atoms with van der Waals surface area (Å²) in [6.07, 6.45) is 2.05. The van der Waals surface area contributed by atoms with Crippen LogP contribution in [0.15, 0.2) is 36.4 Å². The number of piperidine rings is 1. The van der Waals surface area contributed by atoms with Gasteiger partial charge in [0.15, 0.2) is 0 Å². The Morgan fingerprint density at radius 2 is 1.80 bits per heavy atom. The van der Waals surface area contributed by atoms with Crippen LogP contribution in [0.25, 0.3) is 0 Å². The van der Waals surface area contributed by atoms with Gasteiger partial charge in [-0.15, -0.1) is 6.42 Å². The van der Waals surface area contributed by atoms with Gasteiger partial charge in [0.05, 0.1) is 5.56 Å². The normalized spacial score (nSPS) is 19.9. The Balaban J connectivity index is 0.000000804. The van der Waals surface area contributed by atoms with E-state index in [0.717, 1.165) is 42.8 Å². The number of alkyl halides is 3. The van der Waals surface area contributed by atoms with E-state index in [4.69, 9.17) is 11.5 Å². The monoisotopic (exact) mass is 423 g/mol. The van der Waals surface area contributed by atoms with Crippen LogP contribution in [-0.4, -0.2) is 29.1 Å². The van der Waals surface area contributed by atoms with Gasteiger partial charge in [0, 0.05) is 19.0 Å². The fourth-order valence-corrected chi connectivity index (χ4v) is 3.56. The molecule has 3 nitrogen and oxygen atoms in total. The topological polar surface area (TPSA) is 40.5 Å². The zero-order chi connectivity index (χ0) is 23.1. The minimum absolute atomic E-state index is 0.0420. The van der Waals surface area contributed by atoms with Crippen molar-refractivity contribution in [2.45, 2.75) is 59.2 Å². The van der Waals surface area contributed by atoms with Crippen molar-refractivity contribution >= 4 is 5.97 Å². The molecule has 0 aliphatic carbocycles. The number of benzene rings is 1. The average molecular weight is 424 g/mol. The number of nitrogens with zero attached hydrogens (tertiary/aromatic N) is 1. The molecule has 0 radical (unpaired) electrons. The van der Waals surface area contributed by atoms with Crippen LogP contribution in [0.5, 0.6) is 0 Å². The number of allylic oxidation sites excluding steroid dienone is 1. The molecular formula is C24H32F3NO2. The first kappa shape index (κ1) is 25.8. The molecule has 0 bridgehead atoms. The largest absolute Gasteiger partial charge is 0.481 e. The van der Waals surface area contributed by atoms with Crippen LogP contribution in [0.1, 0.15) is 64.1 Å². The number of likely N-dealkylation sites (tertiary alicyclic amines) is 1. The van der Waals surface area contributed by atoms with Crippen LogP contribution in [0.3, 0.4) is 0 Å². The maximum absolute atomic E-state index is 12.8. The molecule has 1 aromatic carbocycles. The van der Waals surface area contributed by atoms with Gasteiger partial charge in [-0.05, 0) is 60.9 Å². The van der Waals surface area contributed by atoms with E-state index in [-0.39, 0.29) is 23.8 Å². The summed E-state index contributed by atoms with van der Waals surface area (Å²) < 4.78 is 38.4. The third-order valence-corrected chi connectivity index (χ3v) is 4.83. The number of rotatable bonds is 4. The van der Waals surface area contributed by atoms with Crippen molar-refractivity contribution in [3.05, 3.63) is 47.5 Å². The summed E-state index contributed by atoms with van der Waals surface area (Å²) in [7, 11) is 0. The summed E-state index contributed by atoms with van der Waals surface area (Å²) in [5, 5.41) is 9.06. The molecule has 1 heterocycles. The highest BCUT2D eigenvalue weighted by molar-refractivity contribution is 5.67. The zero-order valence-electron chi connectivity index (χ0n) is 18.2. The second kappa shape index (κ2) is 10.7. The lowest BCUT2D eigenvalue weighted by Crippen LogP contribution is -2.41. The van der Waals surface area contributed by atoms with Gasteiger partial charge in [-0.3, -0.25) is 9.69 Å².